The Labute approximate surface area is 177 Å². The zero-order valence-corrected chi connectivity index (χ0v) is 18.4. The summed E-state index contributed by atoms with van der Waals surface area (Å²) in [4.78, 5) is 7.01. The molecule has 2 aromatic rings. The molecule has 8 heteroatoms. The van der Waals surface area contributed by atoms with Crippen molar-refractivity contribution in [3.05, 3.63) is 41.7 Å². The van der Waals surface area contributed by atoms with Gasteiger partial charge in [-0.05, 0) is 25.0 Å². The van der Waals surface area contributed by atoms with Crippen molar-refractivity contribution >= 4 is 29.9 Å². The van der Waals surface area contributed by atoms with Gasteiger partial charge in [0.25, 0.3) is 0 Å². The Bertz CT molecular complexity index is 777. The molecule has 7 nitrogen and oxygen atoms in total. The van der Waals surface area contributed by atoms with Crippen molar-refractivity contribution in [3.8, 4) is 11.5 Å². The molecule has 148 valence electrons. The van der Waals surface area contributed by atoms with Crippen LogP contribution >= 0.6 is 24.0 Å². The van der Waals surface area contributed by atoms with Crippen LogP contribution in [-0.2, 0) is 13.6 Å². The average Bonchev–Trinajstić information content (AvgIpc) is 3.28. The highest BCUT2D eigenvalue weighted by Crippen LogP contribution is 2.30. The number of aromatic hydroxyl groups is 1. The van der Waals surface area contributed by atoms with Crippen LogP contribution in [0.2, 0.25) is 0 Å². The summed E-state index contributed by atoms with van der Waals surface area (Å²) in [5, 5.41) is 17.9. The zero-order chi connectivity index (χ0) is 18.5. The van der Waals surface area contributed by atoms with Crippen LogP contribution in [0.1, 0.15) is 30.4 Å². The number of guanidine groups is 1. The number of aliphatic imine (C=N–C) groups is 1. The number of rotatable bonds is 5. The van der Waals surface area contributed by atoms with Crippen molar-refractivity contribution in [2.45, 2.75) is 25.8 Å². The molecular formula is C19H28IN5O2. The van der Waals surface area contributed by atoms with E-state index in [2.05, 4.69) is 28.4 Å². The molecule has 0 bridgehead atoms. The molecule has 3 rings (SSSR count). The third-order valence-electron chi connectivity index (χ3n) is 4.72. The van der Waals surface area contributed by atoms with Crippen molar-refractivity contribution in [1.82, 2.24) is 20.0 Å². The number of hydrogen-bond acceptors (Lipinski definition) is 4. The molecule has 0 radical (unpaired) electrons. The Morgan fingerprint density at radius 3 is 2.93 bits per heavy atom. The number of halogens is 1. The van der Waals surface area contributed by atoms with Gasteiger partial charge in [-0.2, -0.15) is 5.10 Å². The summed E-state index contributed by atoms with van der Waals surface area (Å²) in [6, 6.07) is 5.48. The number of methoxy groups -OCH3 is 1. The molecule has 1 aromatic heterocycles. The van der Waals surface area contributed by atoms with Crippen LogP contribution in [0.3, 0.4) is 0 Å². The maximum atomic E-state index is 10.3. The molecule has 1 aliphatic rings. The van der Waals surface area contributed by atoms with Gasteiger partial charge >= 0.3 is 0 Å². The van der Waals surface area contributed by atoms with Crippen LogP contribution in [0.5, 0.6) is 11.5 Å². The topological polar surface area (TPSA) is 74.9 Å². The van der Waals surface area contributed by atoms with Crippen LogP contribution in [-0.4, -0.2) is 52.5 Å². The van der Waals surface area contributed by atoms with Crippen molar-refractivity contribution in [2.24, 2.45) is 12.0 Å². The average molecular weight is 485 g/mol. The normalized spacial score (nSPS) is 16.9. The second kappa shape index (κ2) is 9.82. The largest absolute Gasteiger partial charge is 0.504 e. The summed E-state index contributed by atoms with van der Waals surface area (Å²) in [5.41, 5.74) is 2.03. The quantitative estimate of drug-likeness (QED) is 0.387. The highest BCUT2D eigenvalue weighted by atomic mass is 127. The number of nitrogens with one attached hydrogen (secondary N) is 1. The number of aryl methyl sites for hydroxylation is 1. The molecule has 0 amide bonds. The van der Waals surface area contributed by atoms with Crippen LogP contribution in [0.15, 0.2) is 35.6 Å². The van der Waals surface area contributed by atoms with E-state index in [1.807, 2.05) is 30.1 Å². The molecule has 1 saturated heterocycles. The second-order valence-electron chi connectivity index (χ2n) is 6.52. The summed E-state index contributed by atoms with van der Waals surface area (Å²) in [5.74, 6) is 1.98. The van der Waals surface area contributed by atoms with E-state index in [-0.39, 0.29) is 29.7 Å². The number of nitrogens with zero attached hydrogens (tertiary/aromatic N) is 4. The van der Waals surface area contributed by atoms with Gasteiger partial charge < -0.3 is 20.1 Å². The molecule has 0 saturated carbocycles. The van der Waals surface area contributed by atoms with Crippen LogP contribution in [0.4, 0.5) is 0 Å². The van der Waals surface area contributed by atoms with Crippen LogP contribution in [0, 0.1) is 0 Å². The zero-order valence-electron chi connectivity index (χ0n) is 16.1. The predicted molar refractivity (Wildman–Crippen MR) is 117 cm³/mol. The fraction of sp³-hybridized carbons (Fsp3) is 0.474. The van der Waals surface area contributed by atoms with Crippen LogP contribution in [0.25, 0.3) is 0 Å². The maximum Gasteiger partial charge on any atom is 0.194 e. The van der Waals surface area contributed by atoms with Crippen LogP contribution < -0.4 is 10.1 Å². The number of benzene rings is 1. The fourth-order valence-corrected chi connectivity index (χ4v) is 3.32. The highest BCUT2D eigenvalue weighted by molar-refractivity contribution is 14.0. The minimum Gasteiger partial charge on any atom is -0.504 e. The first-order chi connectivity index (χ1) is 12.6. The molecular weight excluding hydrogens is 457 g/mol. The molecule has 0 aliphatic carbocycles. The molecule has 27 heavy (non-hydrogen) atoms. The lowest BCUT2D eigenvalue weighted by Gasteiger charge is -2.21. The lowest BCUT2D eigenvalue weighted by atomic mass is 10.0. The van der Waals surface area contributed by atoms with Crippen molar-refractivity contribution in [2.75, 3.05) is 26.7 Å². The summed E-state index contributed by atoms with van der Waals surface area (Å²) < 4.78 is 7.02. The molecule has 1 aromatic carbocycles. The van der Waals surface area contributed by atoms with Gasteiger partial charge in [-0.3, -0.25) is 4.68 Å². The van der Waals surface area contributed by atoms with Gasteiger partial charge in [0, 0.05) is 44.4 Å². The molecule has 2 N–H and O–H groups in total. The molecule has 1 fully saturated rings. The van der Waals surface area contributed by atoms with Gasteiger partial charge in [-0.25, -0.2) is 4.99 Å². The maximum absolute atomic E-state index is 10.3. The number of hydrogen-bond donors (Lipinski definition) is 2. The summed E-state index contributed by atoms with van der Waals surface area (Å²) >= 11 is 0. The molecule has 0 spiro atoms. The first-order valence-corrected chi connectivity index (χ1v) is 8.99. The molecule has 1 aliphatic heterocycles. The lowest BCUT2D eigenvalue weighted by molar-refractivity contribution is 0.370. The third kappa shape index (κ3) is 5.06. The Hall–Kier alpha value is -1.97. The fourth-order valence-electron chi connectivity index (χ4n) is 3.32. The van der Waals surface area contributed by atoms with Gasteiger partial charge in [-0.15, -0.1) is 24.0 Å². The van der Waals surface area contributed by atoms with Crippen molar-refractivity contribution in [1.29, 1.82) is 0 Å². The Morgan fingerprint density at radius 1 is 1.44 bits per heavy atom. The minimum absolute atomic E-state index is 0. The Morgan fingerprint density at radius 2 is 2.26 bits per heavy atom. The van der Waals surface area contributed by atoms with E-state index in [0.717, 1.165) is 37.6 Å². The van der Waals surface area contributed by atoms with E-state index >= 15 is 0 Å². The van der Waals surface area contributed by atoms with E-state index < -0.39 is 0 Å². The number of phenols is 1. The Balaban J connectivity index is 0.00000261. The first kappa shape index (κ1) is 21.3. The lowest BCUT2D eigenvalue weighted by Crippen LogP contribution is -2.40. The summed E-state index contributed by atoms with van der Waals surface area (Å²) in [7, 11) is 3.50. The summed E-state index contributed by atoms with van der Waals surface area (Å²) in [6.07, 6.45) is 5.12. The number of ether oxygens (including phenoxy) is 1. The number of para-hydroxylation sites is 1. The van der Waals surface area contributed by atoms with Crippen molar-refractivity contribution in [3.63, 3.8) is 0 Å². The van der Waals surface area contributed by atoms with Gasteiger partial charge in [-0.1, -0.05) is 12.1 Å². The Kier molecular flexibility index (Phi) is 7.76. The third-order valence-corrected chi connectivity index (χ3v) is 4.72. The second-order valence-corrected chi connectivity index (χ2v) is 6.52. The molecule has 1 unspecified atom stereocenters. The number of phenolic OH excluding ortho intramolecular Hbond substituents is 1. The van der Waals surface area contributed by atoms with Gasteiger partial charge in [0.2, 0.25) is 0 Å². The number of aromatic nitrogens is 2. The standard InChI is InChI=1S/C19H27N5O2.HI/c1-4-20-19(21-10-14-6-5-7-17(26-3)18(14)25)24-9-8-15(13-24)16-11-22-23(2)12-16;/h5-7,11-12,15,25H,4,8-10,13H2,1-3H3,(H,20,21);1H. The highest BCUT2D eigenvalue weighted by Gasteiger charge is 2.27. The monoisotopic (exact) mass is 485 g/mol. The SMILES string of the molecule is CCNC(=NCc1cccc(OC)c1O)N1CCC(c2cnn(C)c2)C1.I. The smallest absolute Gasteiger partial charge is 0.194 e. The van der Waals surface area contributed by atoms with E-state index in [4.69, 9.17) is 9.73 Å². The van der Waals surface area contributed by atoms with E-state index in [1.54, 1.807) is 13.2 Å². The van der Waals surface area contributed by atoms with Gasteiger partial charge in [0.05, 0.1) is 19.9 Å². The van der Waals surface area contributed by atoms with E-state index in [9.17, 15) is 5.11 Å². The minimum atomic E-state index is 0. The predicted octanol–water partition coefficient (Wildman–Crippen LogP) is 2.71. The first-order valence-electron chi connectivity index (χ1n) is 8.99. The van der Waals surface area contributed by atoms with Crippen molar-refractivity contribution < 1.29 is 9.84 Å². The molecule has 1 atom stereocenters. The number of likely N-dealkylation sites (tertiary alicyclic amines) is 1. The van der Waals surface area contributed by atoms with E-state index in [0.29, 0.717) is 18.2 Å². The summed E-state index contributed by atoms with van der Waals surface area (Å²) in [6.45, 7) is 5.14. The molecule has 2 heterocycles. The van der Waals surface area contributed by atoms with E-state index in [1.165, 1.54) is 5.56 Å². The van der Waals surface area contributed by atoms with Gasteiger partial charge in [0.1, 0.15) is 0 Å². The van der Waals surface area contributed by atoms with Gasteiger partial charge in [0.15, 0.2) is 17.5 Å².